The quantitative estimate of drug-likeness (QED) is 0.285. The number of aryl methyl sites for hydroxylation is 1. The number of benzene rings is 2. The predicted molar refractivity (Wildman–Crippen MR) is 149 cm³/mol. The van der Waals surface area contributed by atoms with Crippen molar-refractivity contribution < 1.29 is 18.0 Å². The molecular weight excluding hydrogens is 577 g/mol. The van der Waals surface area contributed by atoms with Crippen molar-refractivity contribution in [3.63, 3.8) is 0 Å². The molecule has 0 saturated heterocycles. The molecular formula is C27H22ClF3N8O3. The Morgan fingerprint density at radius 2 is 1.76 bits per heavy atom. The summed E-state index contributed by atoms with van der Waals surface area (Å²) in [4.78, 5) is 48.3. The lowest BCUT2D eigenvalue weighted by Gasteiger charge is -2.16. The summed E-state index contributed by atoms with van der Waals surface area (Å²) in [5, 5.41) is 7.91. The van der Waals surface area contributed by atoms with Gasteiger partial charge in [0.25, 0.3) is 0 Å². The van der Waals surface area contributed by atoms with E-state index >= 15 is 0 Å². The van der Waals surface area contributed by atoms with Gasteiger partial charge in [-0.3, -0.25) is 19.0 Å². The highest BCUT2D eigenvalue weighted by atomic mass is 35.5. The highest BCUT2D eigenvalue weighted by Crippen LogP contribution is 2.29. The van der Waals surface area contributed by atoms with Gasteiger partial charge in [-0.15, -0.1) is 0 Å². The molecule has 1 N–H and O–H groups in total. The molecule has 0 fully saturated rings. The SMILES string of the molecule is Cc1cncc(-n2c(=O)nc(Nc3cc4cn(CC(=O)N(C)C)nc4cc3Cl)n(Cc3cc(F)c(F)c(F)c3)c2=O)c1. The Morgan fingerprint density at radius 1 is 1.05 bits per heavy atom. The summed E-state index contributed by atoms with van der Waals surface area (Å²) in [7, 11) is 3.24. The fourth-order valence-corrected chi connectivity index (χ4v) is 4.38. The van der Waals surface area contributed by atoms with E-state index in [1.54, 1.807) is 33.3 Å². The lowest BCUT2D eigenvalue weighted by atomic mass is 10.2. The Labute approximate surface area is 240 Å². The molecule has 0 radical (unpaired) electrons. The number of pyridine rings is 1. The minimum Gasteiger partial charge on any atom is -0.347 e. The van der Waals surface area contributed by atoms with E-state index in [2.05, 4.69) is 20.4 Å². The van der Waals surface area contributed by atoms with Gasteiger partial charge in [0, 0.05) is 31.9 Å². The van der Waals surface area contributed by atoms with Crippen LogP contribution < -0.4 is 16.7 Å². The average molecular weight is 599 g/mol. The van der Waals surface area contributed by atoms with Gasteiger partial charge in [0.1, 0.15) is 6.54 Å². The maximum atomic E-state index is 14.0. The number of nitrogens with one attached hydrogen (secondary N) is 1. The van der Waals surface area contributed by atoms with Crippen LogP contribution >= 0.6 is 11.6 Å². The zero-order chi connectivity index (χ0) is 30.3. The van der Waals surface area contributed by atoms with Crippen LogP contribution in [0, 0.1) is 24.4 Å². The van der Waals surface area contributed by atoms with Gasteiger partial charge >= 0.3 is 11.4 Å². The largest absolute Gasteiger partial charge is 0.359 e. The third-order valence-corrected chi connectivity index (χ3v) is 6.57. The van der Waals surface area contributed by atoms with E-state index in [0.29, 0.717) is 16.5 Å². The summed E-state index contributed by atoms with van der Waals surface area (Å²) < 4.78 is 44.8. The Hall–Kier alpha value is -4.98. The molecule has 0 saturated carbocycles. The minimum atomic E-state index is -1.66. The molecule has 0 aliphatic heterocycles. The normalized spacial score (nSPS) is 11.2. The number of halogens is 4. The van der Waals surface area contributed by atoms with Crippen LogP contribution in [0.1, 0.15) is 11.1 Å². The van der Waals surface area contributed by atoms with Crippen molar-refractivity contribution in [2.24, 2.45) is 0 Å². The zero-order valence-corrected chi connectivity index (χ0v) is 23.2. The molecule has 5 rings (SSSR count). The van der Waals surface area contributed by atoms with Gasteiger partial charge in [-0.25, -0.2) is 27.3 Å². The topological polar surface area (TPSA) is 120 Å². The zero-order valence-electron chi connectivity index (χ0n) is 22.4. The minimum absolute atomic E-state index is 0.0139. The second-order valence-electron chi connectivity index (χ2n) is 9.65. The number of carbonyl (C=O) groups excluding carboxylic acids is 1. The Bertz CT molecular complexity index is 1960. The van der Waals surface area contributed by atoms with Crippen molar-refractivity contribution in [2.75, 3.05) is 19.4 Å². The van der Waals surface area contributed by atoms with Crippen LogP contribution in [-0.2, 0) is 17.9 Å². The first-order chi connectivity index (χ1) is 19.9. The number of rotatable bonds is 7. The Balaban J connectivity index is 1.62. The highest BCUT2D eigenvalue weighted by Gasteiger charge is 2.19. The Morgan fingerprint density at radius 3 is 2.43 bits per heavy atom. The van der Waals surface area contributed by atoms with E-state index < -0.39 is 35.4 Å². The molecule has 5 aromatic rings. The molecule has 15 heteroatoms. The van der Waals surface area contributed by atoms with Gasteiger partial charge in [0.05, 0.1) is 34.7 Å². The summed E-state index contributed by atoms with van der Waals surface area (Å²) in [5.74, 6) is -5.04. The molecule has 0 unspecified atom stereocenters. The second kappa shape index (κ2) is 11.1. The molecule has 1 amide bonds. The molecule has 0 bridgehead atoms. The third kappa shape index (κ3) is 5.61. The van der Waals surface area contributed by atoms with Crippen molar-refractivity contribution >= 4 is 40.0 Å². The molecule has 3 aromatic heterocycles. The van der Waals surface area contributed by atoms with Crippen molar-refractivity contribution in [1.29, 1.82) is 0 Å². The summed E-state index contributed by atoms with van der Waals surface area (Å²) >= 11 is 6.48. The van der Waals surface area contributed by atoms with Gasteiger partial charge in [0.2, 0.25) is 11.9 Å². The van der Waals surface area contributed by atoms with Gasteiger partial charge in [-0.2, -0.15) is 10.1 Å². The van der Waals surface area contributed by atoms with Crippen molar-refractivity contribution in [1.82, 2.24) is 33.8 Å². The molecule has 11 nitrogen and oxygen atoms in total. The van der Waals surface area contributed by atoms with Crippen LogP contribution in [0.3, 0.4) is 0 Å². The smallest absolute Gasteiger partial charge is 0.347 e. The van der Waals surface area contributed by atoms with Crippen LogP contribution in [0.2, 0.25) is 5.02 Å². The van der Waals surface area contributed by atoms with E-state index in [-0.39, 0.29) is 40.4 Å². The van der Waals surface area contributed by atoms with E-state index in [1.165, 1.54) is 34.1 Å². The van der Waals surface area contributed by atoms with Crippen molar-refractivity contribution in [3.8, 4) is 5.69 Å². The lowest BCUT2D eigenvalue weighted by molar-refractivity contribution is -0.129. The summed E-state index contributed by atoms with van der Waals surface area (Å²) in [6.07, 6.45) is 4.43. The number of amides is 1. The summed E-state index contributed by atoms with van der Waals surface area (Å²) in [6.45, 7) is 1.20. The summed E-state index contributed by atoms with van der Waals surface area (Å²) in [5.41, 5.74) is -0.524. The van der Waals surface area contributed by atoms with E-state index in [0.717, 1.165) is 21.3 Å². The van der Waals surface area contributed by atoms with Crippen molar-refractivity contribution in [3.05, 3.63) is 103 Å². The number of likely N-dealkylation sites (N-methyl/N-ethyl adjacent to an activating group) is 1. The van der Waals surface area contributed by atoms with Crippen LogP contribution in [-0.4, -0.2) is 53.8 Å². The Kier molecular flexibility index (Phi) is 7.56. The van der Waals surface area contributed by atoms with E-state index in [9.17, 15) is 27.6 Å². The highest BCUT2D eigenvalue weighted by molar-refractivity contribution is 6.34. The maximum Gasteiger partial charge on any atom is 0.359 e. The molecule has 42 heavy (non-hydrogen) atoms. The second-order valence-corrected chi connectivity index (χ2v) is 10.1. The number of hydrogen-bond donors (Lipinski definition) is 1. The first kappa shape index (κ1) is 28.5. The number of fused-ring (bicyclic) bond motifs is 1. The van der Waals surface area contributed by atoms with E-state index in [4.69, 9.17) is 11.6 Å². The molecule has 0 aliphatic rings. The fourth-order valence-electron chi connectivity index (χ4n) is 4.17. The molecule has 0 atom stereocenters. The predicted octanol–water partition coefficient (Wildman–Crippen LogP) is 3.40. The van der Waals surface area contributed by atoms with Gasteiger partial charge in [0.15, 0.2) is 17.5 Å². The molecule has 3 heterocycles. The number of nitrogens with zero attached hydrogens (tertiary/aromatic N) is 7. The van der Waals surface area contributed by atoms with Crippen LogP contribution in [0.15, 0.2) is 58.5 Å². The molecule has 216 valence electrons. The number of aromatic nitrogens is 6. The monoisotopic (exact) mass is 598 g/mol. The number of carbonyl (C=O) groups is 1. The van der Waals surface area contributed by atoms with Gasteiger partial charge in [-0.05, 0) is 48.4 Å². The molecule has 0 aliphatic carbocycles. The summed E-state index contributed by atoms with van der Waals surface area (Å²) in [6, 6.07) is 6.10. The number of anilines is 2. The first-order valence-electron chi connectivity index (χ1n) is 12.3. The van der Waals surface area contributed by atoms with Crippen LogP contribution in [0.25, 0.3) is 16.6 Å². The van der Waals surface area contributed by atoms with Gasteiger partial charge in [-0.1, -0.05) is 11.6 Å². The maximum absolute atomic E-state index is 14.0. The van der Waals surface area contributed by atoms with Crippen molar-refractivity contribution in [2.45, 2.75) is 20.0 Å². The van der Waals surface area contributed by atoms with Crippen LogP contribution in [0.5, 0.6) is 0 Å². The van der Waals surface area contributed by atoms with E-state index in [1.807, 2.05) is 0 Å². The van der Waals surface area contributed by atoms with Gasteiger partial charge < -0.3 is 10.2 Å². The molecule has 2 aromatic carbocycles. The fraction of sp³-hybridized carbons (Fsp3) is 0.185. The standard InChI is InChI=1S/C27H22ClF3N8O3/c1-14-4-17(10-32-9-14)39-26(41)34-25(38(27(39)42)11-15-5-19(29)24(31)20(30)6-15)33-22-7-16-12-37(13-23(40)36(2)3)35-21(16)8-18(22)28/h4-10,12H,11,13H2,1-3H3,(H,33,34,41). The number of hydrogen-bond acceptors (Lipinski definition) is 7. The lowest BCUT2D eigenvalue weighted by Crippen LogP contribution is -2.41. The first-order valence-corrected chi connectivity index (χ1v) is 12.7. The van der Waals surface area contributed by atoms with Crippen LogP contribution in [0.4, 0.5) is 24.8 Å². The average Bonchev–Trinajstić information content (AvgIpc) is 3.30. The molecule has 0 spiro atoms. The third-order valence-electron chi connectivity index (χ3n) is 6.26.